The van der Waals surface area contributed by atoms with Crippen molar-refractivity contribution in [1.82, 2.24) is 9.88 Å². The molecular weight excluding hydrogens is 379 g/mol. The van der Waals surface area contributed by atoms with Crippen LogP contribution in [0.5, 0.6) is 0 Å². The predicted octanol–water partition coefficient (Wildman–Crippen LogP) is 2.95. The molecule has 1 atom stereocenters. The van der Waals surface area contributed by atoms with E-state index in [0.717, 1.165) is 18.1 Å². The average molecular weight is 397 g/mol. The van der Waals surface area contributed by atoms with Gasteiger partial charge in [0.05, 0.1) is 18.7 Å². The van der Waals surface area contributed by atoms with Crippen LogP contribution in [-0.2, 0) is 28.7 Å². The van der Waals surface area contributed by atoms with E-state index in [1.54, 1.807) is 16.2 Å². The Balaban J connectivity index is 1.50. The SMILES string of the molecule is O=C(C1CN(c2ncccc2C(F)(F)F)CCO1)N1CCc2sccc2C1. The molecule has 0 saturated carbocycles. The minimum atomic E-state index is -4.50. The van der Waals surface area contributed by atoms with E-state index >= 15 is 0 Å². The Bertz CT molecular complexity index is 839. The number of aromatic nitrogens is 1. The number of fused-ring (bicyclic) bond motifs is 1. The summed E-state index contributed by atoms with van der Waals surface area (Å²) in [6.45, 7) is 1.63. The molecule has 1 unspecified atom stereocenters. The van der Waals surface area contributed by atoms with E-state index < -0.39 is 17.8 Å². The number of halogens is 3. The molecule has 2 aliphatic rings. The zero-order chi connectivity index (χ0) is 19.0. The first kappa shape index (κ1) is 18.2. The van der Waals surface area contributed by atoms with E-state index in [4.69, 9.17) is 4.74 Å². The first-order chi connectivity index (χ1) is 12.9. The van der Waals surface area contributed by atoms with Gasteiger partial charge in [-0.15, -0.1) is 11.3 Å². The molecule has 0 radical (unpaired) electrons. The lowest BCUT2D eigenvalue weighted by Crippen LogP contribution is -2.52. The number of nitrogens with zero attached hydrogens (tertiary/aromatic N) is 3. The highest BCUT2D eigenvalue weighted by Crippen LogP contribution is 2.35. The second kappa shape index (κ2) is 7.12. The summed E-state index contributed by atoms with van der Waals surface area (Å²) < 4.78 is 45.5. The van der Waals surface area contributed by atoms with E-state index in [1.807, 2.05) is 11.4 Å². The molecule has 1 saturated heterocycles. The molecule has 0 spiro atoms. The predicted molar refractivity (Wildman–Crippen MR) is 94.6 cm³/mol. The van der Waals surface area contributed by atoms with E-state index in [0.29, 0.717) is 13.1 Å². The van der Waals surface area contributed by atoms with Crippen LogP contribution >= 0.6 is 11.3 Å². The molecule has 1 fully saturated rings. The van der Waals surface area contributed by atoms with Gasteiger partial charge in [-0.2, -0.15) is 13.2 Å². The fraction of sp³-hybridized carbons (Fsp3) is 0.444. The molecule has 9 heteroatoms. The number of rotatable bonds is 2. The lowest BCUT2D eigenvalue weighted by Gasteiger charge is -2.37. The normalized spacial score (nSPS) is 20.5. The number of thiophene rings is 1. The Morgan fingerprint density at radius 1 is 1.30 bits per heavy atom. The number of alkyl halides is 3. The smallest absolute Gasteiger partial charge is 0.365 e. The van der Waals surface area contributed by atoms with Crippen LogP contribution in [-0.4, -0.2) is 48.1 Å². The zero-order valence-electron chi connectivity index (χ0n) is 14.4. The van der Waals surface area contributed by atoms with E-state index in [9.17, 15) is 18.0 Å². The maximum atomic E-state index is 13.3. The van der Waals surface area contributed by atoms with E-state index in [1.165, 1.54) is 22.0 Å². The van der Waals surface area contributed by atoms with Crippen molar-refractivity contribution in [2.75, 3.05) is 31.1 Å². The van der Waals surface area contributed by atoms with Crippen molar-refractivity contribution in [1.29, 1.82) is 0 Å². The van der Waals surface area contributed by atoms with Crippen molar-refractivity contribution < 1.29 is 22.7 Å². The molecule has 2 aliphatic heterocycles. The van der Waals surface area contributed by atoms with Gasteiger partial charge in [0.15, 0.2) is 6.10 Å². The number of hydrogen-bond acceptors (Lipinski definition) is 5. The van der Waals surface area contributed by atoms with Gasteiger partial charge in [0.1, 0.15) is 5.82 Å². The highest BCUT2D eigenvalue weighted by atomic mass is 32.1. The Hall–Kier alpha value is -2.13. The fourth-order valence-corrected chi connectivity index (χ4v) is 4.39. The van der Waals surface area contributed by atoms with Crippen LogP contribution < -0.4 is 4.90 Å². The molecule has 0 aliphatic carbocycles. The molecule has 2 aromatic rings. The van der Waals surface area contributed by atoms with Gasteiger partial charge in [0.2, 0.25) is 0 Å². The summed E-state index contributed by atoms with van der Waals surface area (Å²) >= 11 is 1.68. The summed E-state index contributed by atoms with van der Waals surface area (Å²) in [7, 11) is 0. The van der Waals surface area contributed by atoms with Crippen molar-refractivity contribution in [2.24, 2.45) is 0 Å². The fourth-order valence-electron chi connectivity index (χ4n) is 3.50. The minimum Gasteiger partial charge on any atom is -0.365 e. The van der Waals surface area contributed by atoms with Gasteiger partial charge in [-0.1, -0.05) is 0 Å². The van der Waals surface area contributed by atoms with Crippen molar-refractivity contribution in [2.45, 2.75) is 25.2 Å². The van der Waals surface area contributed by atoms with Crippen LogP contribution in [0, 0.1) is 0 Å². The maximum absolute atomic E-state index is 13.3. The standard InChI is InChI=1S/C18H18F3N3O2S/c19-18(20,21)13-2-1-5-22-16(13)23-7-8-26-14(11-23)17(25)24-6-3-15-12(10-24)4-9-27-15/h1-2,4-5,9,14H,3,6-8,10-11H2. The van der Waals surface area contributed by atoms with Crippen molar-refractivity contribution in [3.05, 3.63) is 45.8 Å². The van der Waals surface area contributed by atoms with Crippen LogP contribution in [0.4, 0.5) is 19.0 Å². The van der Waals surface area contributed by atoms with Gasteiger partial charge in [-0.3, -0.25) is 4.79 Å². The molecule has 0 N–H and O–H groups in total. The van der Waals surface area contributed by atoms with Gasteiger partial charge >= 0.3 is 6.18 Å². The molecule has 2 aromatic heterocycles. The average Bonchev–Trinajstić information content (AvgIpc) is 3.14. The molecule has 1 amide bonds. The van der Waals surface area contributed by atoms with E-state index in [-0.39, 0.29) is 31.4 Å². The summed E-state index contributed by atoms with van der Waals surface area (Å²) in [5.41, 5.74) is 0.343. The summed E-state index contributed by atoms with van der Waals surface area (Å²) in [5, 5.41) is 2.01. The number of anilines is 1. The second-order valence-corrected chi connectivity index (χ2v) is 7.56. The Labute approximate surface area is 158 Å². The van der Waals surface area contributed by atoms with Gasteiger partial charge in [-0.25, -0.2) is 4.98 Å². The van der Waals surface area contributed by atoms with Gasteiger partial charge < -0.3 is 14.5 Å². The van der Waals surface area contributed by atoms with Gasteiger partial charge in [0, 0.05) is 30.7 Å². The number of carbonyl (C=O) groups excluding carboxylic acids is 1. The lowest BCUT2D eigenvalue weighted by atomic mass is 10.1. The third-order valence-electron chi connectivity index (χ3n) is 4.85. The summed E-state index contributed by atoms with van der Waals surface area (Å²) in [6.07, 6.45) is -3.15. The highest BCUT2D eigenvalue weighted by molar-refractivity contribution is 7.10. The summed E-state index contributed by atoms with van der Waals surface area (Å²) in [4.78, 5) is 21.3. The van der Waals surface area contributed by atoms with Crippen LogP contribution in [0.3, 0.4) is 0 Å². The molecule has 144 valence electrons. The molecular formula is C18H18F3N3O2S. The summed E-state index contributed by atoms with van der Waals surface area (Å²) in [6, 6.07) is 4.29. The zero-order valence-corrected chi connectivity index (χ0v) is 15.2. The third-order valence-corrected chi connectivity index (χ3v) is 5.88. The van der Waals surface area contributed by atoms with Crippen LogP contribution in [0.1, 0.15) is 16.0 Å². The molecule has 4 rings (SSSR count). The van der Waals surface area contributed by atoms with Crippen molar-refractivity contribution >= 4 is 23.1 Å². The minimum absolute atomic E-state index is 0.0614. The quantitative estimate of drug-likeness (QED) is 0.782. The Morgan fingerprint density at radius 3 is 2.96 bits per heavy atom. The number of pyridine rings is 1. The van der Waals surface area contributed by atoms with Crippen LogP contribution in [0.25, 0.3) is 0 Å². The largest absolute Gasteiger partial charge is 0.419 e. The first-order valence-electron chi connectivity index (χ1n) is 8.66. The molecule has 0 aromatic carbocycles. The Morgan fingerprint density at radius 2 is 2.15 bits per heavy atom. The monoisotopic (exact) mass is 397 g/mol. The maximum Gasteiger partial charge on any atom is 0.419 e. The molecule has 5 nitrogen and oxygen atoms in total. The molecule has 27 heavy (non-hydrogen) atoms. The molecule has 4 heterocycles. The highest BCUT2D eigenvalue weighted by Gasteiger charge is 2.38. The number of ether oxygens (including phenoxy) is 1. The van der Waals surface area contributed by atoms with E-state index in [2.05, 4.69) is 4.98 Å². The number of carbonyl (C=O) groups is 1. The van der Waals surface area contributed by atoms with Crippen LogP contribution in [0.15, 0.2) is 29.8 Å². The summed E-state index contributed by atoms with van der Waals surface area (Å²) in [5.74, 6) is -0.328. The topological polar surface area (TPSA) is 45.7 Å². The lowest BCUT2D eigenvalue weighted by molar-refractivity contribution is -0.145. The third kappa shape index (κ3) is 3.66. The van der Waals surface area contributed by atoms with Crippen molar-refractivity contribution in [3.63, 3.8) is 0 Å². The molecule has 0 bridgehead atoms. The number of morpholine rings is 1. The second-order valence-electron chi connectivity index (χ2n) is 6.56. The van der Waals surface area contributed by atoms with Gasteiger partial charge in [0.25, 0.3) is 5.91 Å². The Kier molecular flexibility index (Phi) is 4.81. The van der Waals surface area contributed by atoms with Crippen LogP contribution in [0.2, 0.25) is 0 Å². The first-order valence-corrected chi connectivity index (χ1v) is 9.54. The number of amides is 1. The number of hydrogen-bond donors (Lipinski definition) is 0. The van der Waals surface area contributed by atoms with Gasteiger partial charge in [-0.05, 0) is 35.6 Å². The van der Waals surface area contributed by atoms with Crippen molar-refractivity contribution in [3.8, 4) is 0 Å².